The Kier molecular flexibility index (Phi) is 9.83. The van der Waals surface area contributed by atoms with E-state index in [4.69, 9.17) is 9.72 Å². The lowest BCUT2D eigenvalue weighted by molar-refractivity contribution is -0.154. The summed E-state index contributed by atoms with van der Waals surface area (Å²) in [5, 5.41) is 25.7. The number of carbonyl (C=O) groups excluding carboxylic acids is 2. The van der Waals surface area contributed by atoms with Crippen molar-refractivity contribution in [2.75, 3.05) is 0 Å². The molecule has 7 nitrogen and oxygen atoms in total. The summed E-state index contributed by atoms with van der Waals surface area (Å²) in [4.78, 5) is 36.7. The maximum absolute atomic E-state index is 13.3. The van der Waals surface area contributed by atoms with Crippen LogP contribution in [0.1, 0.15) is 80.2 Å². The van der Waals surface area contributed by atoms with Crippen molar-refractivity contribution in [1.29, 1.82) is 0 Å². The maximum atomic E-state index is 13.3. The highest BCUT2D eigenvalue weighted by atomic mass is 32.1. The summed E-state index contributed by atoms with van der Waals surface area (Å²) in [5.41, 5.74) is 1.44. The number of ether oxygens (including phenoxy) is 1. The standard InChI is InChI=1S/C28H40N2O5S2/c1-15-9-8-10-21-23(37-19(5)30-21)12-22(16(2)11-20-14-36-18(4)29-20)35-25(32)13-24(31)28(6,7)27(34)17(3)26(15)33/h11,14-15,17,22,24,26,31,33H,8-10,12-13H2,1-7H3. The van der Waals surface area contributed by atoms with Gasteiger partial charge >= 0.3 is 5.97 Å². The summed E-state index contributed by atoms with van der Waals surface area (Å²) < 4.78 is 5.95. The Hall–Kier alpha value is -1.94. The van der Waals surface area contributed by atoms with Crippen molar-refractivity contribution < 1.29 is 24.5 Å². The van der Waals surface area contributed by atoms with E-state index in [1.807, 2.05) is 39.2 Å². The summed E-state index contributed by atoms with van der Waals surface area (Å²) in [7, 11) is 0. The molecule has 0 radical (unpaired) electrons. The number of aryl methyl sites for hydroxylation is 3. The summed E-state index contributed by atoms with van der Waals surface area (Å²) in [6, 6.07) is 0. The van der Waals surface area contributed by atoms with Gasteiger partial charge in [0.2, 0.25) is 0 Å². The second kappa shape index (κ2) is 12.3. The van der Waals surface area contributed by atoms with Crippen LogP contribution in [0.4, 0.5) is 0 Å². The number of cyclic esters (lactones) is 1. The minimum atomic E-state index is -1.24. The number of ketones is 1. The van der Waals surface area contributed by atoms with Crippen LogP contribution in [0.5, 0.6) is 0 Å². The molecule has 0 amide bonds. The third-order valence-electron chi connectivity index (χ3n) is 7.46. The number of carbonyl (C=O) groups is 2. The van der Waals surface area contributed by atoms with Gasteiger partial charge in [-0.3, -0.25) is 9.59 Å². The van der Waals surface area contributed by atoms with Gasteiger partial charge in [-0.05, 0) is 57.6 Å². The minimum Gasteiger partial charge on any atom is -0.457 e. The molecule has 204 valence electrons. The van der Waals surface area contributed by atoms with Crippen molar-refractivity contribution in [3.8, 4) is 0 Å². The zero-order valence-electron chi connectivity index (χ0n) is 22.9. The number of Topliss-reactive ketones (excluding diaryl/α,β-unsaturated/α-hetero) is 1. The third kappa shape index (κ3) is 7.34. The van der Waals surface area contributed by atoms with E-state index < -0.39 is 35.6 Å². The maximum Gasteiger partial charge on any atom is 0.309 e. The molecule has 5 atom stereocenters. The first kappa shape index (κ1) is 29.6. The Labute approximate surface area is 228 Å². The normalized spacial score (nSPS) is 28.6. The summed E-state index contributed by atoms with van der Waals surface area (Å²) in [6.07, 6.45) is 1.79. The number of aromatic nitrogens is 2. The second-order valence-electron chi connectivity index (χ2n) is 10.9. The first-order valence-electron chi connectivity index (χ1n) is 12.9. The van der Waals surface area contributed by atoms with E-state index in [-0.39, 0.29) is 18.1 Å². The molecule has 3 heterocycles. The van der Waals surface area contributed by atoms with Gasteiger partial charge in [0.25, 0.3) is 0 Å². The zero-order valence-corrected chi connectivity index (χ0v) is 24.5. The number of aliphatic hydroxyl groups is 2. The lowest BCUT2D eigenvalue weighted by Crippen LogP contribution is -2.45. The molecule has 0 fully saturated rings. The van der Waals surface area contributed by atoms with Gasteiger partial charge in [0, 0.05) is 22.6 Å². The van der Waals surface area contributed by atoms with Gasteiger partial charge in [0.05, 0.1) is 45.4 Å². The fourth-order valence-electron chi connectivity index (χ4n) is 4.88. The molecule has 0 saturated heterocycles. The molecule has 1 aliphatic heterocycles. The molecule has 0 aromatic carbocycles. The van der Waals surface area contributed by atoms with E-state index in [2.05, 4.69) is 4.98 Å². The average Bonchev–Trinajstić information content (AvgIpc) is 3.40. The number of esters is 1. The Bertz CT molecular complexity index is 1140. The molecule has 2 N–H and O–H groups in total. The predicted octanol–water partition coefficient (Wildman–Crippen LogP) is 5.09. The van der Waals surface area contributed by atoms with Gasteiger partial charge in [0.15, 0.2) is 0 Å². The van der Waals surface area contributed by atoms with Crippen LogP contribution in [0, 0.1) is 31.1 Å². The number of hydrogen-bond acceptors (Lipinski definition) is 9. The van der Waals surface area contributed by atoms with Crippen molar-refractivity contribution >= 4 is 40.5 Å². The molecule has 2 aromatic rings. The first-order valence-corrected chi connectivity index (χ1v) is 14.6. The number of thiazole rings is 2. The van der Waals surface area contributed by atoms with Crippen LogP contribution in [-0.4, -0.2) is 50.2 Å². The minimum absolute atomic E-state index is 0.0903. The van der Waals surface area contributed by atoms with E-state index in [0.29, 0.717) is 6.42 Å². The molecule has 0 saturated carbocycles. The zero-order chi connectivity index (χ0) is 27.5. The molecule has 3 rings (SSSR count). The highest BCUT2D eigenvalue weighted by Crippen LogP contribution is 2.33. The average molecular weight is 549 g/mol. The first-order chi connectivity index (χ1) is 17.3. The summed E-state index contributed by atoms with van der Waals surface area (Å²) in [5.74, 6) is -1.59. The topological polar surface area (TPSA) is 110 Å². The van der Waals surface area contributed by atoms with Crippen LogP contribution >= 0.6 is 22.7 Å². The molecule has 0 aliphatic carbocycles. The van der Waals surface area contributed by atoms with Gasteiger partial charge in [-0.15, -0.1) is 22.7 Å². The number of hydrogen-bond donors (Lipinski definition) is 2. The number of nitrogens with zero attached hydrogens (tertiary/aromatic N) is 2. The van der Waals surface area contributed by atoms with Gasteiger partial charge < -0.3 is 14.9 Å². The van der Waals surface area contributed by atoms with E-state index in [9.17, 15) is 19.8 Å². The molecule has 2 aromatic heterocycles. The molecule has 0 spiro atoms. The van der Waals surface area contributed by atoms with Crippen molar-refractivity contribution in [1.82, 2.24) is 9.97 Å². The summed E-state index contributed by atoms with van der Waals surface area (Å²) in [6.45, 7) is 12.8. The fraction of sp³-hybridized carbons (Fsp3) is 0.643. The van der Waals surface area contributed by atoms with Gasteiger partial charge in [-0.25, -0.2) is 9.97 Å². The molecular weight excluding hydrogens is 508 g/mol. The lowest BCUT2D eigenvalue weighted by Gasteiger charge is -2.34. The number of rotatable bonds is 2. The molecule has 0 bridgehead atoms. The van der Waals surface area contributed by atoms with Crippen LogP contribution in [0.15, 0.2) is 11.0 Å². The lowest BCUT2D eigenvalue weighted by atomic mass is 9.73. The van der Waals surface area contributed by atoms with Crippen molar-refractivity contribution in [3.63, 3.8) is 0 Å². The van der Waals surface area contributed by atoms with Crippen molar-refractivity contribution in [2.45, 2.75) is 98.9 Å². The largest absolute Gasteiger partial charge is 0.457 e. The molecular formula is C28H40N2O5S2. The van der Waals surface area contributed by atoms with Gasteiger partial charge in [-0.1, -0.05) is 27.7 Å². The summed E-state index contributed by atoms with van der Waals surface area (Å²) >= 11 is 3.16. The number of fused-ring (bicyclic) bond motifs is 1. The van der Waals surface area contributed by atoms with Crippen LogP contribution in [-0.2, 0) is 27.2 Å². The quantitative estimate of drug-likeness (QED) is 0.503. The molecule has 37 heavy (non-hydrogen) atoms. The predicted molar refractivity (Wildman–Crippen MR) is 148 cm³/mol. The van der Waals surface area contributed by atoms with E-state index in [1.165, 1.54) is 0 Å². The highest BCUT2D eigenvalue weighted by molar-refractivity contribution is 7.11. The number of aliphatic hydroxyl groups excluding tert-OH is 2. The Morgan fingerprint density at radius 2 is 1.84 bits per heavy atom. The third-order valence-corrected chi connectivity index (χ3v) is 9.29. The van der Waals surface area contributed by atoms with E-state index >= 15 is 0 Å². The Morgan fingerprint density at radius 3 is 2.49 bits per heavy atom. The van der Waals surface area contributed by atoms with E-state index in [1.54, 1.807) is 43.4 Å². The Balaban J connectivity index is 1.97. The molecule has 9 heteroatoms. The fourth-order valence-corrected chi connectivity index (χ4v) is 6.47. The second-order valence-corrected chi connectivity index (χ2v) is 13.3. The highest BCUT2D eigenvalue weighted by Gasteiger charge is 2.42. The molecule has 5 unspecified atom stereocenters. The van der Waals surface area contributed by atoms with Crippen LogP contribution in [0.2, 0.25) is 0 Å². The monoisotopic (exact) mass is 548 g/mol. The smallest absolute Gasteiger partial charge is 0.309 e. The van der Waals surface area contributed by atoms with Crippen molar-refractivity contribution in [3.05, 3.63) is 37.2 Å². The van der Waals surface area contributed by atoms with Gasteiger partial charge in [-0.2, -0.15) is 0 Å². The molecule has 1 aliphatic rings. The van der Waals surface area contributed by atoms with Crippen LogP contribution in [0.25, 0.3) is 6.08 Å². The van der Waals surface area contributed by atoms with Crippen molar-refractivity contribution in [2.24, 2.45) is 17.3 Å². The van der Waals surface area contributed by atoms with Crippen LogP contribution in [0.3, 0.4) is 0 Å². The van der Waals surface area contributed by atoms with E-state index in [0.717, 1.165) is 51.1 Å². The van der Waals surface area contributed by atoms with Gasteiger partial charge in [0.1, 0.15) is 11.9 Å². The van der Waals surface area contributed by atoms with Crippen LogP contribution < -0.4 is 0 Å². The Morgan fingerprint density at radius 1 is 1.14 bits per heavy atom. The SMILES string of the molecule is CC(=Cc1csc(C)n1)C1Cc2sc(C)nc2CCCC(C)C(O)C(C)C(=O)C(C)(C)C(O)CC(=O)O1.